The number of benzene rings is 1. The maximum atomic E-state index is 5.95. The largest absolute Gasteiger partial charge is 0.314 e. The fourth-order valence-electron chi connectivity index (χ4n) is 1.90. The second-order valence-corrected chi connectivity index (χ2v) is 4.60. The molecule has 1 fully saturated rings. The Kier molecular flexibility index (Phi) is 2.88. The second-order valence-electron chi connectivity index (χ2n) is 3.68. The molecule has 0 bridgehead atoms. The molecular formula is C10H14BrN3. The summed E-state index contributed by atoms with van der Waals surface area (Å²) in [5.41, 5.74) is 13.4. The summed E-state index contributed by atoms with van der Waals surface area (Å²) in [7, 11) is 0. The van der Waals surface area contributed by atoms with Gasteiger partial charge in [-0.15, -0.1) is 0 Å². The highest BCUT2D eigenvalue weighted by Gasteiger charge is 2.31. The lowest BCUT2D eigenvalue weighted by atomic mass is 9.92. The van der Waals surface area contributed by atoms with E-state index in [0.29, 0.717) is 12.0 Å². The van der Waals surface area contributed by atoms with Gasteiger partial charge in [0, 0.05) is 16.4 Å². The van der Waals surface area contributed by atoms with E-state index in [1.807, 2.05) is 12.1 Å². The van der Waals surface area contributed by atoms with Crippen molar-refractivity contribution in [1.82, 2.24) is 10.9 Å². The molecule has 0 aromatic heterocycles. The second kappa shape index (κ2) is 3.98. The average Bonchev–Trinajstić information content (AvgIpc) is 2.49. The monoisotopic (exact) mass is 255 g/mol. The molecule has 1 aromatic rings. The van der Waals surface area contributed by atoms with Gasteiger partial charge in [0.1, 0.15) is 0 Å². The standard InChI is InChI=1S/C10H14BrN3/c1-6-9(10(12)14-13-6)7-2-4-8(11)5-3-7/h2-6,9-10,13-14H,12H2,1H3. The Morgan fingerprint density at radius 2 is 1.86 bits per heavy atom. The van der Waals surface area contributed by atoms with Crippen LogP contribution >= 0.6 is 15.9 Å². The number of halogens is 1. The number of hydrazine groups is 1. The Labute approximate surface area is 92.2 Å². The highest BCUT2D eigenvalue weighted by Crippen LogP contribution is 2.25. The third kappa shape index (κ3) is 1.83. The third-order valence-corrected chi connectivity index (χ3v) is 3.19. The van der Waals surface area contributed by atoms with Gasteiger partial charge in [-0.2, -0.15) is 0 Å². The smallest absolute Gasteiger partial charge is 0.0764 e. The average molecular weight is 256 g/mol. The van der Waals surface area contributed by atoms with E-state index in [2.05, 4.69) is 45.8 Å². The van der Waals surface area contributed by atoms with E-state index in [-0.39, 0.29) is 6.17 Å². The van der Waals surface area contributed by atoms with E-state index in [1.54, 1.807) is 0 Å². The molecule has 0 amide bonds. The van der Waals surface area contributed by atoms with Crippen molar-refractivity contribution in [2.75, 3.05) is 0 Å². The van der Waals surface area contributed by atoms with Gasteiger partial charge in [0.2, 0.25) is 0 Å². The van der Waals surface area contributed by atoms with Crippen LogP contribution in [0.3, 0.4) is 0 Å². The molecule has 14 heavy (non-hydrogen) atoms. The lowest BCUT2D eigenvalue weighted by Gasteiger charge is -2.17. The van der Waals surface area contributed by atoms with E-state index in [9.17, 15) is 0 Å². The zero-order valence-corrected chi connectivity index (χ0v) is 9.58. The Morgan fingerprint density at radius 3 is 2.36 bits per heavy atom. The SMILES string of the molecule is CC1NNC(N)C1c1ccc(Br)cc1. The van der Waals surface area contributed by atoms with Crippen LogP contribution in [0.15, 0.2) is 28.7 Å². The Morgan fingerprint density at radius 1 is 1.21 bits per heavy atom. The first kappa shape index (κ1) is 10.1. The summed E-state index contributed by atoms with van der Waals surface area (Å²) < 4.78 is 1.10. The lowest BCUT2D eigenvalue weighted by molar-refractivity contribution is 0.546. The van der Waals surface area contributed by atoms with Gasteiger partial charge >= 0.3 is 0 Å². The van der Waals surface area contributed by atoms with Crippen molar-refractivity contribution in [1.29, 1.82) is 0 Å². The van der Waals surface area contributed by atoms with Gasteiger partial charge in [0.05, 0.1) is 6.17 Å². The molecule has 1 aliphatic rings. The van der Waals surface area contributed by atoms with Gasteiger partial charge in [0.25, 0.3) is 0 Å². The number of rotatable bonds is 1. The van der Waals surface area contributed by atoms with Crippen LogP contribution in [0.5, 0.6) is 0 Å². The summed E-state index contributed by atoms with van der Waals surface area (Å²) in [5.74, 6) is 0.336. The van der Waals surface area contributed by atoms with E-state index >= 15 is 0 Å². The third-order valence-electron chi connectivity index (χ3n) is 2.66. The number of nitrogens with one attached hydrogen (secondary N) is 2. The van der Waals surface area contributed by atoms with Crippen molar-refractivity contribution in [3.63, 3.8) is 0 Å². The molecule has 0 spiro atoms. The minimum atomic E-state index is -0.00817. The van der Waals surface area contributed by atoms with Crippen LogP contribution in [0.1, 0.15) is 18.4 Å². The van der Waals surface area contributed by atoms with Gasteiger partial charge in [-0.1, -0.05) is 28.1 Å². The van der Waals surface area contributed by atoms with E-state index in [1.165, 1.54) is 5.56 Å². The highest BCUT2D eigenvalue weighted by molar-refractivity contribution is 9.10. The fraction of sp³-hybridized carbons (Fsp3) is 0.400. The van der Waals surface area contributed by atoms with Gasteiger partial charge in [-0.05, 0) is 24.6 Å². The zero-order chi connectivity index (χ0) is 10.1. The Bertz CT molecular complexity index is 302. The van der Waals surface area contributed by atoms with Crippen molar-refractivity contribution < 1.29 is 0 Å². The summed E-state index contributed by atoms with van der Waals surface area (Å²) >= 11 is 3.42. The predicted octanol–water partition coefficient (Wildman–Crippen LogP) is 1.31. The molecule has 3 unspecified atom stereocenters. The van der Waals surface area contributed by atoms with Crippen LogP contribution in [0.4, 0.5) is 0 Å². The number of hydrogen-bond donors (Lipinski definition) is 3. The first-order valence-corrected chi connectivity index (χ1v) is 5.50. The summed E-state index contributed by atoms with van der Waals surface area (Å²) in [6, 6.07) is 8.69. The predicted molar refractivity (Wildman–Crippen MR) is 60.6 cm³/mol. The number of nitrogens with two attached hydrogens (primary N) is 1. The van der Waals surface area contributed by atoms with Crippen molar-refractivity contribution in [2.45, 2.75) is 25.0 Å². The van der Waals surface area contributed by atoms with E-state index in [0.717, 1.165) is 4.47 Å². The summed E-state index contributed by atoms with van der Waals surface area (Å²) in [6.07, 6.45) is -0.00817. The van der Waals surface area contributed by atoms with E-state index < -0.39 is 0 Å². The Balaban J connectivity index is 2.25. The summed E-state index contributed by atoms with van der Waals surface area (Å²) in [4.78, 5) is 0. The maximum Gasteiger partial charge on any atom is 0.0764 e. The van der Waals surface area contributed by atoms with Crippen molar-refractivity contribution >= 4 is 15.9 Å². The van der Waals surface area contributed by atoms with Gasteiger partial charge in [-0.25, -0.2) is 5.43 Å². The molecule has 2 rings (SSSR count). The molecule has 76 valence electrons. The molecule has 0 radical (unpaired) electrons. The van der Waals surface area contributed by atoms with Crippen LogP contribution < -0.4 is 16.6 Å². The van der Waals surface area contributed by atoms with Crippen molar-refractivity contribution in [2.24, 2.45) is 5.73 Å². The molecule has 1 aromatic carbocycles. The molecule has 1 saturated heterocycles. The van der Waals surface area contributed by atoms with E-state index in [4.69, 9.17) is 5.73 Å². The van der Waals surface area contributed by atoms with Crippen molar-refractivity contribution in [3.05, 3.63) is 34.3 Å². The van der Waals surface area contributed by atoms with Crippen LogP contribution in [-0.4, -0.2) is 12.2 Å². The highest BCUT2D eigenvalue weighted by atomic mass is 79.9. The van der Waals surface area contributed by atoms with Crippen molar-refractivity contribution in [3.8, 4) is 0 Å². The molecule has 4 heteroatoms. The topological polar surface area (TPSA) is 50.1 Å². The first-order chi connectivity index (χ1) is 6.68. The van der Waals surface area contributed by atoms with Gasteiger partial charge in [-0.3, -0.25) is 5.43 Å². The van der Waals surface area contributed by atoms with Crippen LogP contribution in [0, 0.1) is 0 Å². The normalized spacial score (nSPS) is 32.1. The molecule has 3 nitrogen and oxygen atoms in total. The van der Waals surface area contributed by atoms with Gasteiger partial charge in [0.15, 0.2) is 0 Å². The Hall–Kier alpha value is -0.420. The lowest BCUT2D eigenvalue weighted by Crippen LogP contribution is -2.38. The first-order valence-electron chi connectivity index (χ1n) is 4.70. The molecule has 4 N–H and O–H groups in total. The molecule has 0 saturated carbocycles. The fourth-order valence-corrected chi connectivity index (χ4v) is 2.16. The molecule has 0 aliphatic carbocycles. The molecule has 1 aliphatic heterocycles. The summed E-state index contributed by atoms with van der Waals surface area (Å²) in [5, 5.41) is 0. The quantitative estimate of drug-likeness (QED) is 0.710. The molecule has 3 atom stereocenters. The van der Waals surface area contributed by atoms with Crippen LogP contribution in [0.2, 0.25) is 0 Å². The van der Waals surface area contributed by atoms with Crippen LogP contribution in [0.25, 0.3) is 0 Å². The maximum absolute atomic E-state index is 5.95. The molecular weight excluding hydrogens is 242 g/mol. The number of hydrogen-bond acceptors (Lipinski definition) is 3. The zero-order valence-electron chi connectivity index (χ0n) is 8.00. The molecule has 1 heterocycles. The van der Waals surface area contributed by atoms with Gasteiger partial charge < -0.3 is 5.73 Å². The minimum absolute atomic E-state index is 0.00817. The summed E-state index contributed by atoms with van der Waals surface area (Å²) in [6.45, 7) is 2.13. The minimum Gasteiger partial charge on any atom is -0.314 e. The van der Waals surface area contributed by atoms with Crippen LogP contribution in [-0.2, 0) is 0 Å².